The minimum Gasteiger partial charge on any atom is -0.142 e. The van der Waals surface area contributed by atoms with Gasteiger partial charge in [0.15, 0.2) is 0 Å². The molecule has 1 aliphatic carbocycles. The molecule has 2 aliphatic rings. The summed E-state index contributed by atoms with van der Waals surface area (Å²) < 4.78 is 12.7. The van der Waals surface area contributed by atoms with Crippen LogP contribution in [0.1, 0.15) is 32.1 Å². The van der Waals surface area contributed by atoms with Gasteiger partial charge in [0.05, 0.1) is 0 Å². The summed E-state index contributed by atoms with van der Waals surface area (Å²) in [5.74, 6) is 0. The van der Waals surface area contributed by atoms with Crippen molar-refractivity contribution in [1.29, 1.82) is 0 Å². The molecule has 13 heavy (non-hydrogen) atoms. The Bertz CT molecular complexity index is 242. The Kier molecular flexibility index (Phi) is 2.79. The number of nitrogens with zero attached hydrogens (tertiary/aromatic N) is 1. The van der Waals surface area contributed by atoms with Gasteiger partial charge in [-0.15, -0.1) is 9.60 Å². The molecule has 0 bridgehead atoms. The van der Waals surface area contributed by atoms with Gasteiger partial charge in [-0.3, -0.25) is 0 Å². The molecule has 0 N–H and O–H groups in total. The van der Waals surface area contributed by atoms with E-state index < -0.39 is 0 Å². The molecule has 72 valence electrons. The molecule has 0 saturated carbocycles. The second kappa shape index (κ2) is 4.05. The van der Waals surface area contributed by atoms with Crippen LogP contribution in [0, 0.1) is 0 Å². The molecular weight excluding hydrogens is 165 g/mol. The molecule has 0 atom stereocenters. The molecule has 0 aromatic rings. The lowest BCUT2D eigenvalue weighted by molar-refractivity contribution is 0.0364. The minimum absolute atomic E-state index is 0.479. The first-order valence-electron chi connectivity index (χ1n) is 5.15. The SMILES string of the molecule is FN1CC=C(C2=CCCCC2)CC1. The van der Waals surface area contributed by atoms with Crippen LogP contribution in [0.5, 0.6) is 0 Å². The Morgan fingerprint density at radius 2 is 1.92 bits per heavy atom. The van der Waals surface area contributed by atoms with Gasteiger partial charge in [-0.25, -0.2) is 0 Å². The van der Waals surface area contributed by atoms with Crippen molar-refractivity contribution in [1.82, 2.24) is 5.12 Å². The molecule has 0 saturated heterocycles. The molecule has 0 spiro atoms. The van der Waals surface area contributed by atoms with Crippen molar-refractivity contribution in [3.8, 4) is 0 Å². The van der Waals surface area contributed by atoms with Gasteiger partial charge in [-0.2, -0.15) is 0 Å². The average molecular weight is 181 g/mol. The van der Waals surface area contributed by atoms with Crippen LogP contribution < -0.4 is 0 Å². The van der Waals surface area contributed by atoms with Crippen LogP contribution in [0.15, 0.2) is 23.3 Å². The number of halogens is 1. The average Bonchev–Trinajstić information content (AvgIpc) is 2.20. The largest absolute Gasteiger partial charge is 0.142 e. The lowest BCUT2D eigenvalue weighted by atomic mass is 9.91. The topological polar surface area (TPSA) is 3.24 Å². The zero-order chi connectivity index (χ0) is 9.10. The maximum absolute atomic E-state index is 12.7. The molecule has 2 heteroatoms. The fraction of sp³-hybridized carbons (Fsp3) is 0.636. The summed E-state index contributed by atoms with van der Waals surface area (Å²) in [5.41, 5.74) is 2.88. The van der Waals surface area contributed by atoms with E-state index in [0.29, 0.717) is 13.1 Å². The highest BCUT2D eigenvalue weighted by Gasteiger charge is 2.14. The Morgan fingerprint density at radius 3 is 2.54 bits per heavy atom. The predicted molar refractivity (Wildman–Crippen MR) is 51.9 cm³/mol. The van der Waals surface area contributed by atoms with Crippen molar-refractivity contribution in [3.05, 3.63) is 23.3 Å². The van der Waals surface area contributed by atoms with E-state index in [2.05, 4.69) is 6.08 Å². The highest BCUT2D eigenvalue weighted by atomic mass is 19.2. The third-order valence-corrected chi connectivity index (χ3v) is 2.86. The van der Waals surface area contributed by atoms with Gasteiger partial charge in [0.25, 0.3) is 0 Å². The standard InChI is InChI=1S/C11H16FN/c12-13-8-6-11(7-9-13)10-4-2-1-3-5-10/h4,6H,1-3,5,7-9H2. The first kappa shape index (κ1) is 8.95. The van der Waals surface area contributed by atoms with E-state index in [1.807, 2.05) is 6.08 Å². The lowest BCUT2D eigenvalue weighted by Crippen LogP contribution is -2.21. The third-order valence-electron chi connectivity index (χ3n) is 2.86. The van der Waals surface area contributed by atoms with Gasteiger partial charge in [0.2, 0.25) is 0 Å². The zero-order valence-corrected chi connectivity index (χ0v) is 7.93. The maximum atomic E-state index is 12.7. The van der Waals surface area contributed by atoms with E-state index in [4.69, 9.17) is 0 Å². The summed E-state index contributed by atoms with van der Waals surface area (Å²) in [7, 11) is 0. The molecule has 0 unspecified atom stereocenters. The Hall–Kier alpha value is -0.630. The molecule has 0 fully saturated rings. The molecule has 1 nitrogen and oxygen atoms in total. The molecule has 0 aromatic heterocycles. The molecule has 2 rings (SSSR count). The van der Waals surface area contributed by atoms with Gasteiger partial charge in [-0.05, 0) is 43.3 Å². The van der Waals surface area contributed by atoms with Crippen LogP contribution in [0.25, 0.3) is 0 Å². The zero-order valence-electron chi connectivity index (χ0n) is 7.93. The lowest BCUT2D eigenvalue weighted by Gasteiger charge is -2.22. The molecular formula is C11H16FN. The van der Waals surface area contributed by atoms with E-state index in [1.54, 1.807) is 0 Å². The van der Waals surface area contributed by atoms with E-state index in [0.717, 1.165) is 11.5 Å². The summed E-state index contributed by atoms with van der Waals surface area (Å²) in [5, 5.41) is 0.882. The summed E-state index contributed by atoms with van der Waals surface area (Å²) in [6, 6.07) is 0. The van der Waals surface area contributed by atoms with E-state index in [1.165, 1.54) is 36.8 Å². The van der Waals surface area contributed by atoms with E-state index in [-0.39, 0.29) is 0 Å². The fourth-order valence-corrected chi connectivity index (χ4v) is 2.07. The minimum atomic E-state index is 0.479. The van der Waals surface area contributed by atoms with E-state index >= 15 is 0 Å². The van der Waals surface area contributed by atoms with Crippen molar-refractivity contribution < 1.29 is 4.48 Å². The summed E-state index contributed by atoms with van der Waals surface area (Å²) in [6.45, 7) is 1.05. The Balaban J connectivity index is 2.03. The van der Waals surface area contributed by atoms with Gasteiger partial charge in [-0.1, -0.05) is 12.2 Å². The Morgan fingerprint density at radius 1 is 1.08 bits per heavy atom. The van der Waals surface area contributed by atoms with Crippen molar-refractivity contribution in [2.24, 2.45) is 0 Å². The summed E-state index contributed by atoms with van der Waals surface area (Å²) in [6.07, 6.45) is 10.3. The fourth-order valence-electron chi connectivity index (χ4n) is 2.07. The molecule has 1 heterocycles. The van der Waals surface area contributed by atoms with E-state index in [9.17, 15) is 4.48 Å². The van der Waals surface area contributed by atoms with Gasteiger partial charge in [0.1, 0.15) is 0 Å². The summed E-state index contributed by atoms with van der Waals surface area (Å²) >= 11 is 0. The highest BCUT2D eigenvalue weighted by molar-refractivity contribution is 5.33. The molecule has 0 amide bonds. The van der Waals surface area contributed by atoms with Crippen molar-refractivity contribution in [3.63, 3.8) is 0 Å². The number of hydrogen-bond donors (Lipinski definition) is 0. The van der Waals surface area contributed by atoms with Crippen LogP contribution >= 0.6 is 0 Å². The first-order valence-corrected chi connectivity index (χ1v) is 5.15. The number of hydrogen-bond acceptors (Lipinski definition) is 1. The van der Waals surface area contributed by atoms with Crippen molar-refractivity contribution >= 4 is 0 Å². The summed E-state index contributed by atoms with van der Waals surface area (Å²) in [4.78, 5) is 0. The molecule has 0 radical (unpaired) electrons. The third kappa shape index (κ3) is 2.19. The number of allylic oxidation sites excluding steroid dienone is 2. The van der Waals surface area contributed by atoms with Crippen molar-refractivity contribution in [2.45, 2.75) is 32.1 Å². The number of rotatable bonds is 1. The predicted octanol–water partition coefficient (Wildman–Crippen LogP) is 3.00. The van der Waals surface area contributed by atoms with Gasteiger partial charge in [0, 0.05) is 13.1 Å². The molecule has 1 aliphatic heterocycles. The van der Waals surface area contributed by atoms with Gasteiger partial charge >= 0.3 is 0 Å². The van der Waals surface area contributed by atoms with Crippen LogP contribution in [0.4, 0.5) is 4.48 Å². The first-order chi connectivity index (χ1) is 6.36. The highest BCUT2D eigenvalue weighted by Crippen LogP contribution is 2.27. The van der Waals surface area contributed by atoms with Gasteiger partial charge < -0.3 is 0 Å². The Labute approximate surface area is 78.9 Å². The van der Waals surface area contributed by atoms with Crippen LogP contribution in [-0.2, 0) is 0 Å². The smallest absolute Gasteiger partial charge is 0.0477 e. The monoisotopic (exact) mass is 181 g/mol. The van der Waals surface area contributed by atoms with Crippen LogP contribution in [0.3, 0.4) is 0 Å². The second-order valence-electron chi connectivity index (χ2n) is 3.82. The van der Waals surface area contributed by atoms with Crippen molar-refractivity contribution in [2.75, 3.05) is 13.1 Å². The van der Waals surface area contributed by atoms with Crippen LogP contribution in [0.2, 0.25) is 0 Å². The quantitative estimate of drug-likeness (QED) is 0.562. The maximum Gasteiger partial charge on any atom is 0.0477 e. The second-order valence-corrected chi connectivity index (χ2v) is 3.82. The normalized spacial score (nSPS) is 25.3. The van der Waals surface area contributed by atoms with Crippen LogP contribution in [-0.4, -0.2) is 18.2 Å². The molecule has 0 aromatic carbocycles.